The van der Waals surface area contributed by atoms with Crippen LogP contribution in [0.15, 0.2) is 158 Å². The van der Waals surface area contributed by atoms with E-state index >= 15 is 0 Å². The second kappa shape index (κ2) is 9.62. The molecule has 0 saturated heterocycles. The molecule has 0 spiro atoms. The van der Waals surface area contributed by atoms with Gasteiger partial charge >= 0.3 is 0 Å². The van der Waals surface area contributed by atoms with Gasteiger partial charge in [0.05, 0.1) is 33.3 Å². The Kier molecular flexibility index (Phi) is 5.25. The molecular formula is C42H26N4. The summed E-state index contributed by atoms with van der Waals surface area (Å²) in [6, 6.07) is 55.9. The Labute approximate surface area is 264 Å². The lowest BCUT2D eigenvalue weighted by Gasteiger charge is -2.13. The van der Waals surface area contributed by atoms with Crippen molar-refractivity contribution in [3.05, 3.63) is 158 Å². The van der Waals surface area contributed by atoms with Crippen LogP contribution in [-0.2, 0) is 0 Å². The second-order valence-electron chi connectivity index (χ2n) is 11.8. The third kappa shape index (κ3) is 3.55. The maximum Gasteiger partial charge on any atom is 0.235 e. The van der Waals surface area contributed by atoms with Crippen LogP contribution in [0, 0.1) is 0 Å². The van der Waals surface area contributed by atoms with Crippen LogP contribution in [0.3, 0.4) is 0 Å². The first-order valence-electron chi connectivity index (χ1n) is 15.6. The van der Waals surface area contributed by atoms with Gasteiger partial charge in [-0.25, -0.2) is 9.97 Å². The van der Waals surface area contributed by atoms with Crippen molar-refractivity contribution >= 4 is 65.3 Å². The SMILES string of the molecule is c1ccc(-c2nc(-n3c4cc(-n5c6ccccc6c6ccccc65)ccc4c4c5ccccc5ccc43)nc3ccccc23)cc1. The molecule has 0 amide bonds. The van der Waals surface area contributed by atoms with Crippen LogP contribution < -0.4 is 0 Å². The fraction of sp³-hybridized carbons (Fsp3) is 0. The van der Waals surface area contributed by atoms with Crippen molar-refractivity contribution in [2.45, 2.75) is 0 Å². The molecule has 0 N–H and O–H groups in total. The Morgan fingerprint density at radius 1 is 0.391 bits per heavy atom. The first-order chi connectivity index (χ1) is 22.8. The van der Waals surface area contributed by atoms with Gasteiger partial charge in [0.2, 0.25) is 5.95 Å². The zero-order chi connectivity index (χ0) is 30.2. The molecule has 0 radical (unpaired) electrons. The van der Waals surface area contributed by atoms with Crippen LogP contribution in [0.5, 0.6) is 0 Å². The van der Waals surface area contributed by atoms with Crippen LogP contribution in [-0.4, -0.2) is 19.1 Å². The molecule has 0 atom stereocenters. The number of hydrogen-bond acceptors (Lipinski definition) is 2. The molecule has 0 aliphatic rings. The summed E-state index contributed by atoms with van der Waals surface area (Å²) < 4.78 is 4.63. The number of para-hydroxylation sites is 3. The molecule has 3 aromatic heterocycles. The van der Waals surface area contributed by atoms with Crippen molar-refractivity contribution in [1.82, 2.24) is 19.1 Å². The Hall–Kier alpha value is -6.26. The van der Waals surface area contributed by atoms with Gasteiger partial charge in [-0.15, -0.1) is 0 Å². The number of hydrogen-bond donors (Lipinski definition) is 0. The van der Waals surface area contributed by atoms with E-state index in [9.17, 15) is 0 Å². The minimum absolute atomic E-state index is 0.659. The lowest BCUT2D eigenvalue weighted by atomic mass is 10.0. The van der Waals surface area contributed by atoms with E-state index in [1.54, 1.807) is 0 Å². The third-order valence-electron chi connectivity index (χ3n) is 9.32. The quantitative estimate of drug-likeness (QED) is 0.206. The predicted octanol–water partition coefficient (Wildman–Crippen LogP) is 10.6. The summed E-state index contributed by atoms with van der Waals surface area (Å²) in [6.45, 7) is 0. The highest BCUT2D eigenvalue weighted by Crippen LogP contribution is 2.39. The molecule has 214 valence electrons. The summed E-state index contributed by atoms with van der Waals surface area (Å²) in [5.41, 5.74) is 8.54. The maximum absolute atomic E-state index is 5.33. The molecule has 0 fully saturated rings. The maximum atomic E-state index is 5.33. The summed E-state index contributed by atoms with van der Waals surface area (Å²) in [4.78, 5) is 10.6. The Bertz CT molecular complexity index is 2750. The van der Waals surface area contributed by atoms with E-state index in [0.717, 1.165) is 38.9 Å². The standard InChI is InChI=1S/C42H26N4/c1-2-13-28(14-3-1)41-33-18-6-9-19-35(33)43-42(44-41)46-38-25-22-27-12-4-5-15-30(27)40(38)34-24-23-29(26-39(34)46)45-36-20-10-7-16-31(36)32-17-8-11-21-37(32)45/h1-26H. The summed E-state index contributed by atoms with van der Waals surface area (Å²) in [6.07, 6.45) is 0. The molecule has 10 rings (SSSR count). The van der Waals surface area contributed by atoms with Crippen molar-refractivity contribution in [3.8, 4) is 22.9 Å². The van der Waals surface area contributed by atoms with Crippen molar-refractivity contribution in [3.63, 3.8) is 0 Å². The summed E-state index contributed by atoms with van der Waals surface area (Å²) >= 11 is 0. The lowest BCUT2D eigenvalue weighted by Crippen LogP contribution is -2.04. The van der Waals surface area contributed by atoms with Gasteiger partial charge in [-0.1, -0.05) is 121 Å². The highest BCUT2D eigenvalue weighted by molar-refractivity contribution is 6.21. The van der Waals surface area contributed by atoms with E-state index < -0.39 is 0 Å². The molecule has 4 nitrogen and oxygen atoms in total. The average molecular weight is 587 g/mol. The molecule has 0 aliphatic carbocycles. The topological polar surface area (TPSA) is 35.6 Å². The minimum atomic E-state index is 0.659. The molecule has 46 heavy (non-hydrogen) atoms. The molecule has 0 saturated carbocycles. The summed E-state index contributed by atoms with van der Waals surface area (Å²) in [7, 11) is 0. The largest absolute Gasteiger partial charge is 0.309 e. The van der Waals surface area contributed by atoms with Gasteiger partial charge < -0.3 is 4.57 Å². The van der Waals surface area contributed by atoms with Crippen molar-refractivity contribution < 1.29 is 0 Å². The fourth-order valence-corrected chi connectivity index (χ4v) is 7.31. The van der Waals surface area contributed by atoms with Crippen molar-refractivity contribution in [2.24, 2.45) is 0 Å². The molecule has 0 aliphatic heterocycles. The van der Waals surface area contributed by atoms with Gasteiger partial charge in [-0.3, -0.25) is 4.57 Å². The number of nitrogens with zero attached hydrogens (tertiary/aromatic N) is 4. The molecule has 0 bridgehead atoms. The Balaban J connectivity index is 1.35. The van der Waals surface area contributed by atoms with Crippen LogP contribution >= 0.6 is 0 Å². The fourth-order valence-electron chi connectivity index (χ4n) is 7.31. The van der Waals surface area contributed by atoms with Crippen LogP contribution in [0.25, 0.3) is 88.2 Å². The molecule has 10 aromatic rings. The number of aromatic nitrogens is 4. The minimum Gasteiger partial charge on any atom is -0.309 e. The molecular weight excluding hydrogens is 560 g/mol. The number of fused-ring (bicyclic) bond motifs is 9. The van der Waals surface area contributed by atoms with Crippen LogP contribution in [0.1, 0.15) is 0 Å². The molecule has 7 aromatic carbocycles. The zero-order valence-corrected chi connectivity index (χ0v) is 24.8. The Morgan fingerprint density at radius 2 is 1.04 bits per heavy atom. The summed E-state index contributed by atoms with van der Waals surface area (Å²) in [5.74, 6) is 0.659. The first kappa shape index (κ1) is 25.1. The summed E-state index contributed by atoms with van der Waals surface area (Å²) in [5, 5.41) is 8.34. The van der Waals surface area contributed by atoms with E-state index in [0.29, 0.717) is 5.95 Å². The van der Waals surface area contributed by atoms with Gasteiger partial charge in [-0.05, 0) is 47.2 Å². The van der Waals surface area contributed by atoms with Crippen LogP contribution in [0.4, 0.5) is 0 Å². The first-order valence-corrected chi connectivity index (χ1v) is 15.6. The van der Waals surface area contributed by atoms with Gasteiger partial charge in [0.25, 0.3) is 0 Å². The van der Waals surface area contributed by atoms with Crippen molar-refractivity contribution in [2.75, 3.05) is 0 Å². The van der Waals surface area contributed by atoms with Gasteiger partial charge in [0.1, 0.15) is 0 Å². The van der Waals surface area contributed by atoms with E-state index in [2.05, 4.69) is 155 Å². The lowest BCUT2D eigenvalue weighted by molar-refractivity contribution is 1.01. The second-order valence-corrected chi connectivity index (χ2v) is 11.8. The highest BCUT2D eigenvalue weighted by atomic mass is 15.2. The number of benzene rings is 7. The van der Waals surface area contributed by atoms with E-state index in [1.807, 2.05) is 12.1 Å². The van der Waals surface area contributed by atoms with Crippen molar-refractivity contribution in [1.29, 1.82) is 0 Å². The van der Waals surface area contributed by atoms with Gasteiger partial charge in [0, 0.05) is 38.2 Å². The zero-order valence-electron chi connectivity index (χ0n) is 24.8. The third-order valence-corrected chi connectivity index (χ3v) is 9.32. The van der Waals surface area contributed by atoms with E-state index in [-0.39, 0.29) is 0 Å². The normalized spacial score (nSPS) is 11.9. The van der Waals surface area contributed by atoms with Gasteiger partial charge in [0.15, 0.2) is 0 Å². The smallest absolute Gasteiger partial charge is 0.235 e. The molecule has 3 heterocycles. The highest BCUT2D eigenvalue weighted by Gasteiger charge is 2.20. The Morgan fingerprint density at radius 3 is 1.83 bits per heavy atom. The van der Waals surface area contributed by atoms with E-state index in [4.69, 9.17) is 9.97 Å². The monoisotopic (exact) mass is 586 g/mol. The average Bonchev–Trinajstić information content (AvgIpc) is 3.64. The van der Waals surface area contributed by atoms with Gasteiger partial charge in [-0.2, -0.15) is 0 Å². The molecule has 4 heteroatoms. The van der Waals surface area contributed by atoms with Crippen LogP contribution in [0.2, 0.25) is 0 Å². The van der Waals surface area contributed by atoms with E-state index in [1.165, 1.54) is 43.4 Å². The number of rotatable bonds is 3. The predicted molar refractivity (Wildman–Crippen MR) is 191 cm³/mol. The molecule has 0 unspecified atom stereocenters.